The van der Waals surface area contributed by atoms with Crippen molar-refractivity contribution >= 4 is 21.8 Å². The molecule has 2 N–H and O–H groups in total. The molecule has 1 amide bonds. The largest absolute Gasteiger partial charge is 0.369 e. The van der Waals surface area contributed by atoms with Crippen molar-refractivity contribution in [1.29, 1.82) is 0 Å². The maximum Gasteiger partial charge on any atom is 0.231 e. The number of rotatable bonds is 5. The van der Waals surface area contributed by atoms with Crippen LogP contribution in [0.5, 0.6) is 0 Å². The summed E-state index contributed by atoms with van der Waals surface area (Å²) < 4.78 is 1.08. The number of halogens is 1. The number of hydrogen-bond donors (Lipinski definition) is 1. The number of carbonyl (C=O) groups excluding carboxylic acids is 1. The zero-order valence-corrected chi connectivity index (χ0v) is 12.0. The van der Waals surface area contributed by atoms with Crippen LogP contribution in [0, 0.1) is 0 Å². The van der Waals surface area contributed by atoms with Crippen LogP contribution >= 0.6 is 15.9 Å². The van der Waals surface area contributed by atoms with Crippen molar-refractivity contribution in [2.24, 2.45) is 5.73 Å². The summed E-state index contributed by atoms with van der Waals surface area (Å²) in [5.74, 6) is -0.237. The first-order valence-electron chi connectivity index (χ1n) is 6.42. The lowest BCUT2D eigenvalue weighted by atomic mass is 10.1. The number of carbonyl (C=O) groups is 1. The molecule has 0 spiro atoms. The molecule has 98 valence electrons. The van der Waals surface area contributed by atoms with E-state index in [4.69, 9.17) is 5.73 Å². The van der Waals surface area contributed by atoms with Crippen LogP contribution in [-0.4, -0.2) is 23.4 Å². The molecule has 1 aromatic carbocycles. The summed E-state index contributed by atoms with van der Waals surface area (Å²) in [7, 11) is 0. The Hall–Kier alpha value is -0.870. The van der Waals surface area contributed by atoms with E-state index in [9.17, 15) is 4.79 Å². The molecule has 0 bridgehead atoms. The Bertz CT molecular complexity index is 399. The molecule has 3 nitrogen and oxygen atoms in total. The molecule has 1 aliphatic carbocycles. The highest BCUT2D eigenvalue weighted by Crippen LogP contribution is 2.25. The van der Waals surface area contributed by atoms with Crippen LogP contribution in [0.25, 0.3) is 0 Å². The van der Waals surface area contributed by atoms with Gasteiger partial charge in [-0.25, -0.2) is 0 Å². The minimum Gasteiger partial charge on any atom is -0.369 e. The van der Waals surface area contributed by atoms with Gasteiger partial charge in [-0.2, -0.15) is 0 Å². The Labute approximate surface area is 116 Å². The van der Waals surface area contributed by atoms with Gasteiger partial charge < -0.3 is 5.73 Å². The molecule has 0 atom stereocenters. The molecule has 0 radical (unpaired) electrons. The Morgan fingerprint density at radius 3 is 2.44 bits per heavy atom. The maximum absolute atomic E-state index is 11.2. The highest BCUT2D eigenvalue weighted by Gasteiger charge is 2.23. The topological polar surface area (TPSA) is 46.3 Å². The Balaban J connectivity index is 2.03. The molecule has 18 heavy (non-hydrogen) atoms. The van der Waals surface area contributed by atoms with Gasteiger partial charge in [-0.15, -0.1) is 0 Å². The van der Waals surface area contributed by atoms with Gasteiger partial charge in [0.05, 0.1) is 6.54 Å². The molecule has 0 heterocycles. The highest BCUT2D eigenvalue weighted by molar-refractivity contribution is 9.10. The first-order chi connectivity index (χ1) is 8.65. The van der Waals surface area contributed by atoms with Crippen molar-refractivity contribution in [2.75, 3.05) is 6.54 Å². The second-order valence-corrected chi connectivity index (χ2v) is 5.85. The summed E-state index contributed by atoms with van der Waals surface area (Å²) in [4.78, 5) is 13.4. The van der Waals surface area contributed by atoms with Crippen LogP contribution in [0.3, 0.4) is 0 Å². The standard InChI is InChI=1S/C14H19BrN2O/c15-12-7-5-11(6-8-12)9-17(10-14(16)18)13-3-1-2-4-13/h5-8,13H,1-4,9-10H2,(H2,16,18). The molecular weight excluding hydrogens is 292 g/mol. The lowest BCUT2D eigenvalue weighted by molar-refractivity contribution is -0.119. The second kappa shape index (κ2) is 6.34. The van der Waals surface area contributed by atoms with Crippen LogP contribution in [0.4, 0.5) is 0 Å². The molecule has 0 unspecified atom stereocenters. The number of benzene rings is 1. The van der Waals surface area contributed by atoms with E-state index in [2.05, 4.69) is 33.0 Å². The van der Waals surface area contributed by atoms with Gasteiger partial charge in [0, 0.05) is 17.1 Å². The lowest BCUT2D eigenvalue weighted by Crippen LogP contribution is -2.39. The van der Waals surface area contributed by atoms with Gasteiger partial charge >= 0.3 is 0 Å². The molecule has 0 saturated heterocycles. The Morgan fingerprint density at radius 2 is 1.89 bits per heavy atom. The van der Waals surface area contributed by atoms with Gasteiger partial charge in [0.25, 0.3) is 0 Å². The molecule has 1 aliphatic rings. The van der Waals surface area contributed by atoms with Gasteiger partial charge in [-0.1, -0.05) is 40.9 Å². The van der Waals surface area contributed by atoms with Crippen LogP contribution in [0.15, 0.2) is 28.7 Å². The molecule has 4 heteroatoms. The van der Waals surface area contributed by atoms with E-state index in [1.165, 1.54) is 31.2 Å². The quantitative estimate of drug-likeness (QED) is 0.909. The van der Waals surface area contributed by atoms with Crippen LogP contribution in [0.1, 0.15) is 31.2 Å². The fourth-order valence-electron chi connectivity index (χ4n) is 2.61. The normalized spacial score (nSPS) is 16.3. The summed E-state index contributed by atoms with van der Waals surface area (Å²) in [6.07, 6.45) is 4.90. The molecule has 0 aromatic heterocycles. The number of nitrogens with zero attached hydrogens (tertiary/aromatic N) is 1. The van der Waals surface area contributed by atoms with Crippen molar-refractivity contribution in [3.05, 3.63) is 34.3 Å². The average Bonchev–Trinajstić information content (AvgIpc) is 2.84. The number of hydrogen-bond acceptors (Lipinski definition) is 2. The number of nitrogens with two attached hydrogens (primary N) is 1. The smallest absolute Gasteiger partial charge is 0.231 e. The molecular formula is C14H19BrN2O. The van der Waals surface area contributed by atoms with E-state index in [1.54, 1.807) is 0 Å². The van der Waals surface area contributed by atoms with Gasteiger partial charge in [-0.05, 0) is 30.5 Å². The fourth-order valence-corrected chi connectivity index (χ4v) is 2.87. The third-order valence-corrected chi connectivity index (χ3v) is 4.03. The minimum atomic E-state index is -0.237. The predicted octanol–water partition coefficient (Wildman–Crippen LogP) is 2.68. The van der Waals surface area contributed by atoms with Gasteiger partial charge in [0.2, 0.25) is 5.91 Å². The minimum absolute atomic E-state index is 0.237. The van der Waals surface area contributed by atoms with Crippen molar-refractivity contribution in [3.63, 3.8) is 0 Å². The van der Waals surface area contributed by atoms with Crippen LogP contribution in [-0.2, 0) is 11.3 Å². The summed E-state index contributed by atoms with van der Waals surface area (Å²) in [6, 6.07) is 8.76. The van der Waals surface area contributed by atoms with Crippen molar-refractivity contribution in [3.8, 4) is 0 Å². The zero-order valence-electron chi connectivity index (χ0n) is 10.4. The third kappa shape index (κ3) is 3.82. The summed E-state index contributed by atoms with van der Waals surface area (Å²) in [5, 5.41) is 0. The van der Waals surface area contributed by atoms with Crippen LogP contribution in [0.2, 0.25) is 0 Å². The fraction of sp³-hybridized carbons (Fsp3) is 0.500. The summed E-state index contributed by atoms with van der Waals surface area (Å²) in [6.45, 7) is 1.17. The van der Waals surface area contributed by atoms with E-state index >= 15 is 0 Å². The summed E-state index contributed by atoms with van der Waals surface area (Å²) in [5.41, 5.74) is 6.58. The van der Waals surface area contributed by atoms with Gasteiger partial charge in [0.1, 0.15) is 0 Å². The first kappa shape index (κ1) is 13.6. The third-order valence-electron chi connectivity index (χ3n) is 3.50. The monoisotopic (exact) mass is 310 g/mol. The maximum atomic E-state index is 11.2. The Kier molecular flexibility index (Phi) is 4.78. The summed E-state index contributed by atoms with van der Waals surface area (Å²) >= 11 is 3.43. The van der Waals surface area contributed by atoms with E-state index in [-0.39, 0.29) is 5.91 Å². The zero-order chi connectivity index (χ0) is 13.0. The predicted molar refractivity (Wildman–Crippen MR) is 76.0 cm³/mol. The second-order valence-electron chi connectivity index (χ2n) is 4.94. The lowest BCUT2D eigenvalue weighted by Gasteiger charge is -2.27. The average molecular weight is 311 g/mol. The molecule has 0 aliphatic heterocycles. The first-order valence-corrected chi connectivity index (χ1v) is 7.21. The number of primary amides is 1. The van der Waals surface area contributed by atoms with Gasteiger partial charge in [-0.3, -0.25) is 9.69 Å². The van der Waals surface area contributed by atoms with E-state index < -0.39 is 0 Å². The molecule has 1 fully saturated rings. The van der Waals surface area contributed by atoms with Gasteiger partial charge in [0.15, 0.2) is 0 Å². The molecule has 2 rings (SSSR count). The van der Waals surface area contributed by atoms with Crippen molar-refractivity contribution < 1.29 is 4.79 Å². The molecule has 1 aromatic rings. The van der Waals surface area contributed by atoms with E-state index in [1.807, 2.05) is 12.1 Å². The van der Waals surface area contributed by atoms with E-state index in [0.717, 1.165) is 11.0 Å². The van der Waals surface area contributed by atoms with Crippen molar-refractivity contribution in [1.82, 2.24) is 4.90 Å². The Morgan fingerprint density at radius 1 is 1.28 bits per heavy atom. The van der Waals surface area contributed by atoms with Crippen LogP contribution < -0.4 is 5.73 Å². The van der Waals surface area contributed by atoms with E-state index in [0.29, 0.717) is 12.6 Å². The molecule has 1 saturated carbocycles. The highest BCUT2D eigenvalue weighted by atomic mass is 79.9. The number of amides is 1. The SMILES string of the molecule is NC(=O)CN(Cc1ccc(Br)cc1)C1CCCC1. The van der Waals surface area contributed by atoms with Crippen molar-refractivity contribution in [2.45, 2.75) is 38.3 Å².